The van der Waals surface area contributed by atoms with E-state index in [4.69, 9.17) is 27.9 Å². The summed E-state index contributed by atoms with van der Waals surface area (Å²) in [6, 6.07) is 10.4. The van der Waals surface area contributed by atoms with Gasteiger partial charge in [-0.1, -0.05) is 43.1 Å². The lowest BCUT2D eigenvalue weighted by molar-refractivity contribution is -0.139. The van der Waals surface area contributed by atoms with Crippen molar-refractivity contribution >= 4 is 50.7 Å². The first kappa shape index (κ1) is 29.7. The molecule has 2 amide bonds. The normalized spacial score (nSPS) is 12.2. The fraction of sp³-hybridized carbons (Fsp3) is 0.440. The summed E-state index contributed by atoms with van der Waals surface area (Å²) in [6.07, 6.45) is 1.02. The zero-order valence-electron chi connectivity index (χ0n) is 21.1. The smallest absolute Gasteiger partial charge is 0.244 e. The maximum absolute atomic E-state index is 13.6. The van der Waals surface area contributed by atoms with E-state index in [2.05, 4.69) is 5.32 Å². The molecule has 0 spiro atoms. The Kier molecular flexibility index (Phi) is 10.9. The predicted molar refractivity (Wildman–Crippen MR) is 144 cm³/mol. The molecule has 8 nitrogen and oxygen atoms in total. The second kappa shape index (κ2) is 13.2. The van der Waals surface area contributed by atoms with E-state index < -0.39 is 28.5 Å². The zero-order chi connectivity index (χ0) is 27.0. The van der Waals surface area contributed by atoms with Crippen molar-refractivity contribution in [2.75, 3.05) is 30.3 Å². The van der Waals surface area contributed by atoms with E-state index >= 15 is 0 Å². The standard InChI is InChI=1S/C25H33Cl2N3O5S/c1-6-35-22-11-9-21(10-12-22)30(36(5,33)34)16-24(31)29(18(4)25(32)28-14-17(2)3)15-19-7-8-20(26)13-23(19)27/h7-13,17-18H,6,14-16H2,1-5H3,(H,28,32). The molecule has 198 valence electrons. The van der Waals surface area contributed by atoms with Crippen LogP contribution in [0.5, 0.6) is 5.75 Å². The summed E-state index contributed by atoms with van der Waals surface area (Å²) in [5, 5.41) is 3.60. The van der Waals surface area contributed by atoms with Gasteiger partial charge in [0.15, 0.2) is 0 Å². The van der Waals surface area contributed by atoms with Crippen LogP contribution in [0.25, 0.3) is 0 Å². The van der Waals surface area contributed by atoms with Crippen LogP contribution in [0.1, 0.15) is 33.3 Å². The molecule has 0 aliphatic rings. The highest BCUT2D eigenvalue weighted by Crippen LogP contribution is 2.25. The Labute approximate surface area is 223 Å². The van der Waals surface area contributed by atoms with Crippen LogP contribution < -0.4 is 14.4 Å². The number of hydrogen-bond acceptors (Lipinski definition) is 5. The molecule has 0 radical (unpaired) electrons. The van der Waals surface area contributed by atoms with Gasteiger partial charge >= 0.3 is 0 Å². The van der Waals surface area contributed by atoms with Crippen molar-refractivity contribution in [1.82, 2.24) is 10.2 Å². The van der Waals surface area contributed by atoms with Gasteiger partial charge in [-0.15, -0.1) is 0 Å². The van der Waals surface area contributed by atoms with Gasteiger partial charge in [-0.3, -0.25) is 13.9 Å². The summed E-state index contributed by atoms with van der Waals surface area (Å²) in [6.45, 7) is 7.76. The van der Waals surface area contributed by atoms with Crippen LogP contribution in [-0.4, -0.2) is 57.1 Å². The molecule has 0 aliphatic carbocycles. The molecule has 0 saturated carbocycles. The average molecular weight is 559 g/mol. The number of benzene rings is 2. The third kappa shape index (κ3) is 8.57. The summed E-state index contributed by atoms with van der Waals surface area (Å²) in [5.41, 5.74) is 0.876. The molecule has 2 aromatic rings. The van der Waals surface area contributed by atoms with Gasteiger partial charge in [-0.05, 0) is 61.7 Å². The second-order valence-electron chi connectivity index (χ2n) is 8.77. The van der Waals surface area contributed by atoms with Crippen LogP contribution in [0.15, 0.2) is 42.5 Å². The maximum Gasteiger partial charge on any atom is 0.244 e. The lowest BCUT2D eigenvalue weighted by Gasteiger charge is -2.32. The largest absolute Gasteiger partial charge is 0.494 e. The number of anilines is 1. The first-order chi connectivity index (χ1) is 16.8. The number of amides is 2. The molecule has 0 aromatic heterocycles. The van der Waals surface area contributed by atoms with Crippen LogP contribution >= 0.6 is 23.2 Å². The third-order valence-electron chi connectivity index (χ3n) is 5.32. The van der Waals surface area contributed by atoms with Crippen molar-refractivity contribution in [1.29, 1.82) is 0 Å². The predicted octanol–water partition coefficient (Wildman–Crippen LogP) is 4.35. The number of halogens is 2. The number of hydrogen-bond donors (Lipinski definition) is 1. The Morgan fingerprint density at radius 2 is 1.69 bits per heavy atom. The maximum atomic E-state index is 13.6. The number of rotatable bonds is 12. The van der Waals surface area contributed by atoms with Gasteiger partial charge in [0.1, 0.15) is 18.3 Å². The molecule has 0 saturated heterocycles. The minimum atomic E-state index is -3.82. The van der Waals surface area contributed by atoms with Crippen molar-refractivity contribution in [2.45, 2.75) is 40.3 Å². The lowest BCUT2D eigenvalue weighted by Crippen LogP contribution is -2.51. The first-order valence-electron chi connectivity index (χ1n) is 11.5. The molecular formula is C25H33Cl2N3O5S. The van der Waals surface area contributed by atoms with Gasteiger partial charge in [0, 0.05) is 23.1 Å². The van der Waals surface area contributed by atoms with Crippen LogP contribution in [-0.2, 0) is 26.2 Å². The van der Waals surface area contributed by atoms with Crippen molar-refractivity contribution in [3.05, 3.63) is 58.1 Å². The molecule has 1 N–H and O–H groups in total. The molecule has 2 rings (SSSR count). The van der Waals surface area contributed by atoms with E-state index in [1.54, 1.807) is 49.4 Å². The molecule has 1 atom stereocenters. The summed E-state index contributed by atoms with van der Waals surface area (Å²) >= 11 is 12.3. The zero-order valence-corrected chi connectivity index (χ0v) is 23.5. The van der Waals surface area contributed by atoms with Gasteiger partial charge in [0.05, 0.1) is 18.6 Å². The highest BCUT2D eigenvalue weighted by Gasteiger charge is 2.30. The molecular weight excluding hydrogens is 525 g/mol. The average Bonchev–Trinajstić information content (AvgIpc) is 2.80. The summed E-state index contributed by atoms with van der Waals surface area (Å²) in [7, 11) is -3.82. The van der Waals surface area contributed by atoms with Crippen molar-refractivity contribution < 1.29 is 22.7 Å². The van der Waals surface area contributed by atoms with E-state index in [0.717, 1.165) is 10.6 Å². The van der Waals surface area contributed by atoms with Crippen LogP contribution in [0.4, 0.5) is 5.69 Å². The molecule has 0 heterocycles. The summed E-state index contributed by atoms with van der Waals surface area (Å²) < 4.78 is 31.7. The lowest BCUT2D eigenvalue weighted by atomic mass is 10.1. The Bertz CT molecular complexity index is 1160. The van der Waals surface area contributed by atoms with E-state index in [1.165, 1.54) is 4.90 Å². The number of nitrogens with zero attached hydrogens (tertiary/aromatic N) is 2. The number of sulfonamides is 1. The van der Waals surface area contributed by atoms with E-state index in [-0.39, 0.29) is 18.4 Å². The van der Waals surface area contributed by atoms with Crippen molar-refractivity contribution in [3.8, 4) is 5.75 Å². The Morgan fingerprint density at radius 3 is 2.22 bits per heavy atom. The van der Waals surface area contributed by atoms with Crippen LogP contribution in [0.3, 0.4) is 0 Å². The van der Waals surface area contributed by atoms with E-state index in [1.807, 2.05) is 20.8 Å². The van der Waals surface area contributed by atoms with E-state index in [9.17, 15) is 18.0 Å². The van der Waals surface area contributed by atoms with Gasteiger partial charge in [0.25, 0.3) is 0 Å². The molecule has 36 heavy (non-hydrogen) atoms. The summed E-state index contributed by atoms with van der Waals surface area (Å²) in [5.74, 6) is -0.117. The highest BCUT2D eigenvalue weighted by atomic mass is 35.5. The van der Waals surface area contributed by atoms with Gasteiger partial charge in [-0.2, -0.15) is 0 Å². The molecule has 0 fully saturated rings. The monoisotopic (exact) mass is 557 g/mol. The van der Waals surface area contributed by atoms with Crippen molar-refractivity contribution in [3.63, 3.8) is 0 Å². The van der Waals surface area contributed by atoms with Crippen molar-refractivity contribution in [2.24, 2.45) is 5.92 Å². The molecule has 0 bridgehead atoms. The van der Waals surface area contributed by atoms with Gasteiger partial charge in [-0.25, -0.2) is 8.42 Å². The number of nitrogens with one attached hydrogen (secondary N) is 1. The Balaban J connectivity index is 2.38. The Morgan fingerprint density at radius 1 is 1.06 bits per heavy atom. The first-order valence-corrected chi connectivity index (χ1v) is 14.2. The fourth-order valence-corrected chi connectivity index (χ4v) is 4.68. The summed E-state index contributed by atoms with van der Waals surface area (Å²) in [4.78, 5) is 27.7. The minimum Gasteiger partial charge on any atom is -0.494 e. The van der Waals surface area contributed by atoms with Crippen LogP contribution in [0, 0.1) is 5.92 Å². The quantitative estimate of drug-likeness (QED) is 0.418. The molecule has 11 heteroatoms. The van der Waals surface area contributed by atoms with Crippen LogP contribution in [0.2, 0.25) is 10.0 Å². The molecule has 1 unspecified atom stereocenters. The van der Waals surface area contributed by atoms with Gasteiger partial charge < -0.3 is 15.0 Å². The Hall–Kier alpha value is -2.49. The molecule has 0 aliphatic heterocycles. The number of ether oxygens (including phenoxy) is 1. The van der Waals surface area contributed by atoms with Gasteiger partial charge in [0.2, 0.25) is 21.8 Å². The third-order valence-corrected chi connectivity index (χ3v) is 7.05. The second-order valence-corrected chi connectivity index (χ2v) is 11.5. The SMILES string of the molecule is CCOc1ccc(N(CC(=O)N(Cc2ccc(Cl)cc2Cl)C(C)C(=O)NCC(C)C)S(C)(=O)=O)cc1. The van der Waals surface area contributed by atoms with E-state index in [0.29, 0.717) is 40.2 Å². The molecule has 2 aromatic carbocycles. The fourth-order valence-electron chi connectivity index (χ4n) is 3.36. The number of carbonyl (C=O) groups excluding carboxylic acids is 2. The minimum absolute atomic E-state index is 0.00796. The highest BCUT2D eigenvalue weighted by molar-refractivity contribution is 7.92. The number of carbonyl (C=O) groups is 2. The topological polar surface area (TPSA) is 96.0 Å².